The minimum atomic E-state index is -0.00969. The molecule has 6 saturated heterocycles. The minimum Gasteiger partial charge on any atom is -0.373 e. The Balaban J connectivity index is 0.871. The SMILES string of the molecule is CC1(C)CC(CC2(C)CC(CC3(C4CO4)CCC4(CCC5OC5(C)CCC5OC5(C)C)OC4C3)O2)O1. The van der Waals surface area contributed by atoms with Crippen molar-refractivity contribution in [2.75, 3.05) is 6.61 Å². The maximum Gasteiger partial charge on any atom is 0.0949 e. The molecular formula is C30H48O6. The first kappa shape index (κ1) is 24.8. The second kappa shape index (κ2) is 7.69. The van der Waals surface area contributed by atoms with E-state index in [4.69, 9.17) is 28.4 Å². The molecule has 0 amide bonds. The van der Waals surface area contributed by atoms with Crippen molar-refractivity contribution in [1.29, 1.82) is 0 Å². The fraction of sp³-hybridized carbons (Fsp3) is 1.00. The topological polar surface area (TPSA) is 68.6 Å². The van der Waals surface area contributed by atoms with Gasteiger partial charge in [0, 0.05) is 24.7 Å². The van der Waals surface area contributed by atoms with Crippen LogP contribution in [-0.4, -0.2) is 71.2 Å². The summed E-state index contributed by atoms with van der Waals surface area (Å²) < 4.78 is 36.9. The van der Waals surface area contributed by atoms with E-state index in [0.29, 0.717) is 36.6 Å². The average molecular weight is 505 g/mol. The predicted octanol–water partition coefficient (Wildman–Crippen LogP) is 5.48. The fourth-order valence-corrected chi connectivity index (χ4v) is 8.55. The van der Waals surface area contributed by atoms with Crippen LogP contribution in [0.1, 0.15) is 112 Å². The van der Waals surface area contributed by atoms with Gasteiger partial charge in [0.05, 0.1) is 71.2 Å². The Kier molecular flexibility index (Phi) is 5.29. The molecule has 0 spiro atoms. The van der Waals surface area contributed by atoms with Gasteiger partial charge in [-0.3, -0.25) is 0 Å². The number of fused-ring (bicyclic) bond motifs is 1. The molecule has 7 fully saturated rings. The van der Waals surface area contributed by atoms with E-state index in [1.807, 2.05) is 0 Å². The van der Waals surface area contributed by atoms with E-state index in [9.17, 15) is 0 Å². The molecule has 6 aliphatic heterocycles. The van der Waals surface area contributed by atoms with Crippen molar-refractivity contribution in [2.45, 2.75) is 177 Å². The summed E-state index contributed by atoms with van der Waals surface area (Å²) in [5, 5.41) is 0. The maximum atomic E-state index is 6.55. The molecule has 6 heteroatoms. The van der Waals surface area contributed by atoms with Crippen molar-refractivity contribution in [1.82, 2.24) is 0 Å². The van der Waals surface area contributed by atoms with Crippen LogP contribution in [0.15, 0.2) is 0 Å². The summed E-state index contributed by atoms with van der Waals surface area (Å²) in [6.07, 6.45) is 14.8. The van der Waals surface area contributed by atoms with Gasteiger partial charge in [0.25, 0.3) is 0 Å². The van der Waals surface area contributed by atoms with E-state index in [2.05, 4.69) is 41.5 Å². The van der Waals surface area contributed by atoms with Crippen LogP contribution in [-0.2, 0) is 28.4 Å². The summed E-state index contributed by atoms with van der Waals surface area (Å²) in [6, 6.07) is 0. The molecule has 7 rings (SSSR count). The molecule has 0 radical (unpaired) electrons. The standard InChI is InChI=1S/C30H48O6/c1-25(2)13-19(32-25)14-27(5)15-20(33-27)16-29(24-18-31-24)11-12-30(23(17-29)36-30)10-8-22-28(6,35-22)9-7-21-26(3,4)34-21/h19-24H,7-18H2,1-6H3. The van der Waals surface area contributed by atoms with Gasteiger partial charge in [0.1, 0.15) is 0 Å². The van der Waals surface area contributed by atoms with Gasteiger partial charge in [0.2, 0.25) is 0 Å². The molecular weight excluding hydrogens is 456 g/mol. The molecule has 10 unspecified atom stereocenters. The molecule has 0 aromatic heterocycles. The van der Waals surface area contributed by atoms with Crippen molar-refractivity contribution >= 4 is 0 Å². The van der Waals surface area contributed by atoms with E-state index >= 15 is 0 Å². The van der Waals surface area contributed by atoms with Gasteiger partial charge < -0.3 is 28.4 Å². The van der Waals surface area contributed by atoms with E-state index in [1.54, 1.807) is 0 Å². The molecule has 204 valence electrons. The lowest BCUT2D eigenvalue weighted by Gasteiger charge is -2.53. The fourth-order valence-electron chi connectivity index (χ4n) is 8.55. The normalized spacial score (nSPS) is 55.2. The first-order valence-electron chi connectivity index (χ1n) is 14.8. The Morgan fingerprint density at radius 2 is 1.33 bits per heavy atom. The van der Waals surface area contributed by atoms with Crippen molar-refractivity contribution < 1.29 is 28.4 Å². The van der Waals surface area contributed by atoms with E-state index in [0.717, 1.165) is 64.4 Å². The van der Waals surface area contributed by atoms with Crippen LogP contribution in [0.4, 0.5) is 0 Å². The number of ether oxygens (including phenoxy) is 6. The molecule has 0 aromatic carbocycles. The van der Waals surface area contributed by atoms with Crippen LogP contribution in [0, 0.1) is 5.41 Å². The summed E-state index contributed by atoms with van der Waals surface area (Å²) in [4.78, 5) is 0. The predicted molar refractivity (Wildman–Crippen MR) is 135 cm³/mol. The highest BCUT2D eigenvalue weighted by molar-refractivity contribution is 5.15. The number of hydrogen-bond acceptors (Lipinski definition) is 6. The lowest BCUT2D eigenvalue weighted by Crippen LogP contribution is -2.56. The highest BCUT2D eigenvalue weighted by Gasteiger charge is 2.67. The Bertz CT molecular complexity index is 884. The van der Waals surface area contributed by atoms with Crippen molar-refractivity contribution in [3.63, 3.8) is 0 Å². The Morgan fingerprint density at radius 1 is 0.667 bits per heavy atom. The number of rotatable bonds is 11. The lowest BCUT2D eigenvalue weighted by molar-refractivity contribution is -0.257. The molecule has 7 aliphatic rings. The van der Waals surface area contributed by atoms with Crippen LogP contribution < -0.4 is 0 Å². The van der Waals surface area contributed by atoms with Crippen LogP contribution in [0.25, 0.3) is 0 Å². The number of hydrogen-bond donors (Lipinski definition) is 0. The molecule has 0 aromatic rings. The summed E-state index contributed by atoms with van der Waals surface area (Å²) in [5.74, 6) is 0. The van der Waals surface area contributed by atoms with Gasteiger partial charge in [-0.2, -0.15) is 0 Å². The molecule has 6 heterocycles. The summed E-state index contributed by atoms with van der Waals surface area (Å²) in [6.45, 7) is 14.2. The molecule has 36 heavy (non-hydrogen) atoms. The highest BCUT2D eigenvalue weighted by atomic mass is 16.6. The van der Waals surface area contributed by atoms with Gasteiger partial charge in [-0.05, 0) is 92.9 Å². The lowest BCUT2D eigenvalue weighted by atomic mass is 9.63. The van der Waals surface area contributed by atoms with Gasteiger partial charge in [-0.1, -0.05) is 0 Å². The first-order chi connectivity index (χ1) is 16.8. The summed E-state index contributed by atoms with van der Waals surface area (Å²) >= 11 is 0. The average Bonchev–Trinajstić information content (AvgIpc) is 3.59. The monoisotopic (exact) mass is 504 g/mol. The van der Waals surface area contributed by atoms with Gasteiger partial charge in [0.15, 0.2) is 0 Å². The van der Waals surface area contributed by atoms with Gasteiger partial charge in [-0.25, -0.2) is 0 Å². The third kappa shape index (κ3) is 4.50. The van der Waals surface area contributed by atoms with Crippen LogP contribution in [0.2, 0.25) is 0 Å². The zero-order valence-corrected chi connectivity index (χ0v) is 23.4. The molecule has 1 saturated carbocycles. The summed E-state index contributed by atoms with van der Waals surface area (Å²) in [7, 11) is 0. The summed E-state index contributed by atoms with van der Waals surface area (Å²) in [5.41, 5.74) is 0.537. The van der Waals surface area contributed by atoms with Crippen molar-refractivity contribution in [2.24, 2.45) is 5.41 Å². The molecule has 1 aliphatic carbocycles. The molecule has 10 atom stereocenters. The second-order valence-corrected chi connectivity index (χ2v) is 15.3. The van der Waals surface area contributed by atoms with Gasteiger partial charge >= 0.3 is 0 Å². The minimum absolute atomic E-state index is 0.00969. The smallest absolute Gasteiger partial charge is 0.0949 e. The van der Waals surface area contributed by atoms with E-state index < -0.39 is 0 Å². The second-order valence-electron chi connectivity index (χ2n) is 15.3. The maximum absolute atomic E-state index is 6.55. The molecule has 0 N–H and O–H groups in total. The highest BCUT2D eigenvalue weighted by Crippen LogP contribution is 2.62. The third-order valence-corrected chi connectivity index (χ3v) is 11.1. The van der Waals surface area contributed by atoms with Crippen LogP contribution in [0.3, 0.4) is 0 Å². The quantitative estimate of drug-likeness (QED) is 0.347. The Morgan fingerprint density at radius 3 is 1.94 bits per heavy atom. The zero-order valence-electron chi connectivity index (χ0n) is 23.4. The Hall–Kier alpha value is -0.240. The Labute approximate surface area is 217 Å². The van der Waals surface area contributed by atoms with Crippen LogP contribution in [0.5, 0.6) is 0 Å². The largest absolute Gasteiger partial charge is 0.373 e. The van der Waals surface area contributed by atoms with Crippen molar-refractivity contribution in [3.05, 3.63) is 0 Å². The number of epoxide rings is 4. The van der Waals surface area contributed by atoms with E-state index in [-0.39, 0.29) is 33.4 Å². The van der Waals surface area contributed by atoms with E-state index in [1.165, 1.54) is 12.8 Å². The van der Waals surface area contributed by atoms with Gasteiger partial charge in [-0.15, -0.1) is 0 Å². The molecule has 6 nitrogen and oxygen atoms in total. The van der Waals surface area contributed by atoms with Crippen LogP contribution >= 0.6 is 0 Å². The first-order valence-corrected chi connectivity index (χ1v) is 14.8. The molecule has 0 bridgehead atoms. The van der Waals surface area contributed by atoms with Crippen molar-refractivity contribution in [3.8, 4) is 0 Å². The zero-order chi connectivity index (χ0) is 25.2. The third-order valence-electron chi connectivity index (χ3n) is 11.1.